The molecule has 0 radical (unpaired) electrons. The molecular formula is C18H14N2. The van der Waals surface area contributed by atoms with Crippen LogP contribution in [0.15, 0.2) is 59.7 Å². The summed E-state index contributed by atoms with van der Waals surface area (Å²) in [5.74, 6) is 0. The van der Waals surface area contributed by atoms with Crippen LogP contribution in [0.3, 0.4) is 0 Å². The van der Waals surface area contributed by atoms with Crippen molar-refractivity contribution in [3.63, 3.8) is 0 Å². The van der Waals surface area contributed by atoms with E-state index < -0.39 is 0 Å². The van der Waals surface area contributed by atoms with E-state index in [1.54, 1.807) is 0 Å². The number of allylic oxidation sites excluding steroid dienone is 4. The van der Waals surface area contributed by atoms with Crippen molar-refractivity contribution in [3.05, 3.63) is 70.2 Å². The summed E-state index contributed by atoms with van der Waals surface area (Å²) in [6, 6.07) is 5.20. The van der Waals surface area contributed by atoms with Crippen molar-refractivity contribution >= 4 is 23.5 Å². The van der Waals surface area contributed by atoms with Gasteiger partial charge in [0.1, 0.15) is 0 Å². The molecule has 5 rings (SSSR count). The van der Waals surface area contributed by atoms with Gasteiger partial charge in [-0.3, -0.25) is 0 Å². The average molecular weight is 258 g/mol. The third-order valence-electron chi connectivity index (χ3n) is 4.39. The molecular weight excluding hydrogens is 244 g/mol. The van der Waals surface area contributed by atoms with E-state index in [1.165, 1.54) is 33.0 Å². The second-order valence-electron chi connectivity index (χ2n) is 5.66. The van der Waals surface area contributed by atoms with Crippen LogP contribution in [0.1, 0.15) is 0 Å². The summed E-state index contributed by atoms with van der Waals surface area (Å²) in [5.41, 5.74) is 5.14. The molecule has 2 heterocycles. The molecule has 0 spiro atoms. The minimum absolute atomic E-state index is 0.345. The van der Waals surface area contributed by atoms with Gasteiger partial charge in [-0.25, -0.2) is 0 Å². The second kappa shape index (κ2) is 3.54. The SMILES string of the molecule is C1=CC2Nc3cc4c(cc3=CC2=C1)NC1C=CC=C1C=4. The number of benzene rings is 1. The minimum atomic E-state index is 0.345. The predicted octanol–water partition coefficient (Wildman–Crippen LogP) is 1.83. The highest BCUT2D eigenvalue weighted by atomic mass is 14.9. The Morgan fingerprint density at radius 3 is 1.70 bits per heavy atom. The van der Waals surface area contributed by atoms with Gasteiger partial charge >= 0.3 is 0 Å². The molecule has 2 aliphatic heterocycles. The topological polar surface area (TPSA) is 24.1 Å². The standard InChI is InChI=1S/C18H14N2/c1-3-11-7-13-9-18-14(10-17(13)19-15(11)5-1)8-12-4-2-6-16(12)20-18/h1-10,15-16,19-20H. The number of rotatable bonds is 0. The van der Waals surface area contributed by atoms with Crippen molar-refractivity contribution in [2.75, 3.05) is 10.6 Å². The van der Waals surface area contributed by atoms with E-state index in [1.807, 2.05) is 0 Å². The third kappa shape index (κ3) is 1.33. The lowest BCUT2D eigenvalue weighted by Gasteiger charge is -2.25. The lowest BCUT2D eigenvalue weighted by atomic mass is 9.98. The number of hydrogen-bond donors (Lipinski definition) is 2. The molecule has 1 aromatic rings. The fraction of sp³-hybridized carbons (Fsp3) is 0.111. The highest BCUT2D eigenvalue weighted by Gasteiger charge is 2.21. The second-order valence-corrected chi connectivity index (χ2v) is 5.66. The van der Waals surface area contributed by atoms with E-state index in [0.717, 1.165) is 0 Å². The van der Waals surface area contributed by atoms with Crippen LogP contribution in [0.5, 0.6) is 0 Å². The van der Waals surface area contributed by atoms with Crippen LogP contribution >= 0.6 is 0 Å². The molecule has 2 N–H and O–H groups in total. The lowest BCUT2D eigenvalue weighted by Crippen LogP contribution is -2.33. The van der Waals surface area contributed by atoms with Gasteiger partial charge in [-0.05, 0) is 35.4 Å². The molecule has 0 saturated heterocycles. The molecule has 2 aliphatic carbocycles. The van der Waals surface area contributed by atoms with Crippen LogP contribution in [0.4, 0.5) is 11.4 Å². The predicted molar refractivity (Wildman–Crippen MR) is 83.9 cm³/mol. The molecule has 4 aliphatic rings. The summed E-state index contributed by atoms with van der Waals surface area (Å²) in [6.07, 6.45) is 17.6. The average Bonchev–Trinajstić information content (AvgIpc) is 3.07. The summed E-state index contributed by atoms with van der Waals surface area (Å²) in [5, 5.41) is 9.74. The Morgan fingerprint density at radius 1 is 0.700 bits per heavy atom. The van der Waals surface area contributed by atoms with Gasteiger partial charge < -0.3 is 10.6 Å². The summed E-state index contributed by atoms with van der Waals surface area (Å²) in [6.45, 7) is 0. The van der Waals surface area contributed by atoms with Crippen molar-refractivity contribution in [2.45, 2.75) is 12.1 Å². The van der Waals surface area contributed by atoms with Crippen molar-refractivity contribution in [1.82, 2.24) is 0 Å². The third-order valence-corrected chi connectivity index (χ3v) is 4.39. The zero-order valence-electron chi connectivity index (χ0n) is 10.9. The Bertz CT molecular complexity index is 792. The van der Waals surface area contributed by atoms with E-state index >= 15 is 0 Å². The number of fused-ring (bicyclic) bond motifs is 4. The fourth-order valence-corrected chi connectivity index (χ4v) is 3.34. The van der Waals surface area contributed by atoms with Crippen LogP contribution in [-0.4, -0.2) is 12.1 Å². The van der Waals surface area contributed by atoms with Gasteiger partial charge in [0.15, 0.2) is 0 Å². The van der Waals surface area contributed by atoms with Gasteiger partial charge in [0.25, 0.3) is 0 Å². The van der Waals surface area contributed by atoms with Crippen LogP contribution < -0.4 is 21.1 Å². The Labute approximate surface area is 117 Å². The molecule has 20 heavy (non-hydrogen) atoms. The monoisotopic (exact) mass is 258 g/mol. The van der Waals surface area contributed by atoms with Gasteiger partial charge in [-0.1, -0.05) is 36.5 Å². The first-order valence-corrected chi connectivity index (χ1v) is 7.04. The van der Waals surface area contributed by atoms with E-state index in [0.29, 0.717) is 12.1 Å². The molecule has 2 unspecified atom stereocenters. The van der Waals surface area contributed by atoms with Crippen molar-refractivity contribution < 1.29 is 0 Å². The van der Waals surface area contributed by atoms with Gasteiger partial charge in [0.2, 0.25) is 0 Å². The van der Waals surface area contributed by atoms with E-state index in [2.05, 4.69) is 71.4 Å². The van der Waals surface area contributed by atoms with Gasteiger partial charge in [0.05, 0.1) is 12.1 Å². The van der Waals surface area contributed by atoms with Crippen molar-refractivity contribution in [1.29, 1.82) is 0 Å². The Morgan fingerprint density at radius 2 is 1.20 bits per heavy atom. The fourth-order valence-electron chi connectivity index (χ4n) is 3.34. The first kappa shape index (κ1) is 10.3. The molecule has 2 atom stereocenters. The van der Waals surface area contributed by atoms with Crippen LogP contribution in [0, 0.1) is 0 Å². The highest BCUT2D eigenvalue weighted by molar-refractivity contribution is 5.75. The smallest absolute Gasteiger partial charge is 0.0701 e. The number of hydrogen-bond acceptors (Lipinski definition) is 2. The van der Waals surface area contributed by atoms with Gasteiger partial charge in [-0.15, -0.1) is 0 Å². The van der Waals surface area contributed by atoms with Crippen LogP contribution in [0.2, 0.25) is 0 Å². The molecule has 0 fully saturated rings. The van der Waals surface area contributed by atoms with Crippen LogP contribution in [-0.2, 0) is 0 Å². The molecule has 0 aromatic heterocycles. The summed E-state index contributed by atoms with van der Waals surface area (Å²) in [4.78, 5) is 0. The first-order chi connectivity index (χ1) is 9.87. The first-order valence-electron chi connectivity index (χ1n) is 7.04. The lowest BCUT2D eigenvalue weighted by molar-refractivity contribution is 1.05. The number of nitrogens with one attached hydrogen (secondary N) is 2. The molecule has 2 nitrogen and oxygen atoms in total. The van der Waals surface area contributed by atoms with E-state index in [-0.39, 0.29) is 0 Å². The van der Waals surface area contributed by atoms with E-state index in [9.17, 15) is 0 Å². The molecule has 0 bridgehead atoms. The quantitative estimate of drug-likeness (QED) is 0.742. The van der Waals surface area contributed by atoms with Crippen molar-refractivity contribution in [2.24, 2.45) is 0 Å². The molecule has 1 aromatic carbocycles. The maximum atomic E-state index is 3.60. The molecule has 0 amide bonds. The highest BCUT2D eigenvalue weighted by Crippen LogP contribution is 2.24. The Kier molecular flexibility index (Phi) is 1.83. The van der Waals surface area contributed by atoms with E-state index in [4.69, 9.17) is 0 Å². The number of anilines is 2. The zero-order chi connectivity index (χ0) is 13.1. The normalized spacial score (nSPS) is 26.8. The zero-order valence-corrected chi connectivity index (χ0v) is 10.9. The Hall–Kier alpha value is -2.48. The maximum Gasteiger partial charge on any atom is 0.0701 e. The summed E-state index contributed by atoms with van der Waals surface area (Å²) < 4.78 is 0. The van der Waals surface area contributed by atoms with Crippen LogP contribution in [0.25, 0.3) is 12.2 Å². The van der Waals surface area contributed by atoms with Crippen molar-refractivity contribution in [3.8, 4) is 0 Å². The molecule has 2 heteroatoms. The summed E-state index contributed by atoms with van der Waals surface area (Å²) in [7, 11) is 0. The minimum Gasteiger partial charge on any atom is -0.374 e. The molecule has 0 saturated carbocycles. The summed E-state index contributed by atoms with van der Waals surface area (Å²) >= 11 is 0. The van der Waals surface area contributed by atoms with Gasteiger partial charge in [0, 0.05) is 21.8 Å². The Balaban J connectivity index is 1.73. The molecule has 96 valence electrons. The van der Waals surface area contributed by atoms with Gasteiger partial charge in [-0.2, -0.15) is 0 Å². The maximum absolute atomic E-state index is 3.60. The largest absolute Gasteiger partial charge is 0.374 e.